The molecule has 0 spiro atoms. The molecule has 1 N–H and O–H groups in total. The first-order chi connectivity index (χ1) is 8.19. The number of rotatable bonds is 4. The van der Waals surface area contributed by atoms with Gasteiger partial charge in [-0.1, -0.05) is 19.3 Å². The molecule has 1 fully saturated rings. The normalized spacial score (nSPS) is 17.0. The molecule has 1 saturated carbocycles. The van der Waals surface area contributed by atoms with Crippen molar-refractivity contribution in [3.05, 3.63) is 29.6 Å². The first kappa shape index (κ1) is 11.9. The first-order valence-electron chi connectivity index (χ1n) is 6.15. The fourth-order valence-corrected chi connectivity index (χ4v) is 2.27. The van der Waals surface area contributed by atoms with Crippen LogP contribution in [0.4, 0.5) is 10.1 Å². The van der Waals surface area contributed by atoms with Crippen LogP contribution in [-0.2, 0) is 0 Å². The predicted molar refractivity (Wildman–Crippen MR) is 66.2 cm³/mol. The van der Waals surface area contributed by atoms with Crippen molar-refractivity contribution < 1.29 is 4.39 Å². The highest BCUT2D eigenvalue weighted by Gasteiger charge is 2.19. The Morgan fingerprint density at radius 1 is 1.53 bits per heavy atom. The Morgan fingerprint density at radius 2 is 2.29 bits per heavy atom. The third kappa shape index (κ3) is 2.97. The zero-order valence-corrected chi connectivity index (χ0v) is 10.0. The molecular formula is C14H17FN2. The van der Waals surface area contributed by atoms with E-state index in [4.69, 9.17) is 5.26 Å². The Bertz CT molecular complexity index is 432. The van der Waals surface area contributed by atoms with Gasteiger partial charge in [-0.05, 0) is 37.5 Å². The van der Waals surface area contributed by atoms with E-state index in [9.17, 15) is 4.39 Å². The van der Waals surface area contributed by atoms with Crippen molar-refractivity contribution in [1.82, 2.24) is 0 Å². The van der Waals surface area contributed by atoms with Gasteiger partial charge in [0, 0.05) is 11.7 Å². The monoisotopic (exact) mass is 232 g/mol. The molecule has 0 aromatic heterocycles. The van der Waals surface area contributed by atoms with E-state index in [1.165, 1.54) is 25.3 Å². The molecule has 3 heteroatoms. The largest absolute Gasteiger partial charge is 0.383 e. The molecule has 2 nitrogen and oxygen atoms in total. The van der Waals surface area contributed by atoms with Crippen LogP contribution in [-0.4, -0.2) is 6.04 Å². The quantitative estimate of drug-likeness (QED) is 0.859. The molecule has 1 aliphatic carbocycles. The van der Waals surface area contributed by atoms with Gasteiger partial charge in [-0.15, -0.1) is 0 Å². The van der Waals surface area contributed by atoms with Crippen molar-refractivity contribution in [3.63, 3.8) is 0 Å². The summed E-state index contributed by atoms with van der Waals surface area (Å²) >= 11 is 0. The number of hydrogen-bond acceptors (Lipinski definition) is 2. The molecule has 0 bridgehead atoms. The summed E-state index contributed by atoms with van der Waals surface area (Å²) in [5.74, 6) is 0.387. The summed E-state index contributed by atoms with van der Waals surface area (Å²) in [5, 5.41) is 12.1. The first-order valence-corrected chi connectivity index (χ1v) is 6.15. The van der Waals surface area contributed by atoms with Crippen LogP contribution in [0.15, 0.2) is 18.2 Å². The molecule has 0 heterocycles. The second-order valence-electron chi connectivity index (χ2n) is 4.88. The molecule has 0 radical (unpaired) electrons. The van der Waals surface area contributed by atoms with Crippen molar-refractivity contribution >= 4 is 5.69 Å². The molecule has 0 amide bonds. The minimum Gasteiger partial charge on any atom is -0.383 e. The SMILES string of the molecule is CC(CC1CCC1)Nc1ccc(F)c(C#N)c1. The fraction of sp³-hybridized carbons (Fsp3) is 0.500. The minimum absolute atomic E-state index is 0.103. The lowest BCUT2D eigenvalue weighted by atomic mass is 9.81. The lowest BCUT2D eigenvalue weighted by Gasteiger charge is -2.28. The van der Waals surface area contributed by atoms with E-state index in [0.717, 1.165) is 18.0 Å². The van der Waals surface area contributed by atoms with E-state index in [0.29, 0.717) is 6.04 Å². The van der Waals surface area contributed by atoms with Gasteiger partial charge in [0.05, 0.1) is 5.56 Å². The molecule has 1 atom stereocenters. The third-order valence-electron chi connectivity index (χ3n) is 3.41. The molecule has 0 aliphatic heterocycles. The molecule has 1 unspecified atom stereocenters. The van der Waals surface area contributed by atoms with Gasteiger partial charge in [0.25, 0.3) is 0 Å². The Morgan fingerprint density at radius 3 is 2.88 bits per heavy atom. The van der Waals surface area contributed by atoms with Crippen LogP contribution in [0.2, 0.25) is 0 Å². The zero-order chi connectivity index (χ0) is 12.3. The van der Waals surface area contributed by atoms with E-state index in [2.05, 4.69) is 12.2 Å². The second-order valence-corrected chi connectivity index (χ2v) is 4.88. The Labute approximate surface area is 101 Å². The smallest absolute Gasteiger partial charge is 0.141 e. The summed E-state index contributed by atoms with van der Waals surface area (Å²) in [6.07, 6.45) is 5.17. The zero-order valence-electron chi connectivity index (χ0n) is 10.0. The van der Waals surface area contributed by atoms with Gasteiger partial charge in [0.15, 0.2) is 0 Å². The molecule has 1 aromatic carbocycles. The second kappa shape index (κ2) is 5.18. The van der Waals surface area contributed by atoms with E-state index >= 15 is 0 Å². The number of nitrogens with zero attached hydrogens (tertiary/aromatic N) is 1. The van der Waals surface area contributed by atoms with Crippen molar-refractivity contribution in [1.29, 1.82) is 5.26 Å². The van der Waals surface area contributed by atoms with Gasteiger partial charge in [0.2, 0.25) is 0 Å². The molecule has 17 heavy (non-hydrogen) atoms. The van der Waals surface area contributed by atoms with Crippen LogP contribution in [0.3, 0.4) is 0 Å². The van der Waals surface area contributed by atoms with E-state index in [1.807, 2.05) is 6.07 Å². The third-order valence-corrected chi connectivity index (χ3v) is 3.41. The lowest BCUT2D eigenvalue weighted by molar-refractivity contribution is 0.286. The van der Waals surface area contributed by atoms with Crippen LogP contribution in [0.5, 0.6) is 0 Å². The van der Waals surface area contributed by atoms with E-state index in [1.54, 1.807) is 12.1 Å². The highest BCUT2D eigenvalue weighted by Crippen LogP contribution is 2.31. The summed E-state index contributed by atoms with van der Waals surface area (Å²) in [5.41, 5.74) is 0.931. The van der Waals surface area contributed by atoms with Crippen LogP contribution < -0.4 is 5.32 Å². The van der Waals surface area contributed by atoms with Crippen LogP contribution in [0, 0.1) is 23.1 Å². The number of nitrogens with one attached hydrogen (secondary N) is 1. The maximum Gasteiger partial charge on any atom is 0.141 e. The van der Waals surface area contributed by atoms with Gasteiger partial charge in [-0.25, -0.2) is 4.39 Å². The van der Waals surface area contributed by atoms with E-state index < -0.39 is 5.82 Å². The fourth-order valence-electron chi connectivity index (χ4n) is 2.27. The Hall–Kier alpha value is -1.56. The standard InChI is InChI=1S/C14H17FN2/c1-10(7-11-3-2-4-11)17-13-5-6-14(15)12(8-13)9-16/h5-6,8,10-11,17H,2-4,7H2,1H3. The summed E-state index contributed by atoms with van der Waals surface area (Å²) in [6.45, 7) is 2.13. The minimum atomic E-state index is -0.454. The van der Waals surface area contributed by atoms with Crippen LogP contribution in [0.1, 0.15) is 38.2 Å². The number of halogens is 1. The molecule has 2 rings (SSSR count). The molecule has 0 saturated heterocycles. The number of hydrogen-bond donors (Lipinski definition) is 1. The lowest BCUT2D eigenvalue weighted by Crippen LogP contribution is -2.23. The number of benzene rings is 1. The molecule has 90 valence electrons. The summed E-state index contributed by atoms with van der Waals surface area (Å²) in [6, 6.07) is 6.84. The Balaban J connectivity index is 1.95. The maximum absolute atomic E-state index is 13.1. The van der Waals surface area contributed by atoms with Crippen LogP contribution in [0.25, 0.3) is 0 Å². The highest BCUT2D eigenvalue weighted by molar-refractivity contribution is 5.50. The average molecular weight is 232 g/mol. The summed E-state index contributed by atoms with van der Waals surface area (Å²) < 4.78 is 13.1. The average Bonchev–Trinajstić information content (AvgIpc) is 2.26. The molecule has 1 aliphatic rings. The van der Waals surface area contributed by atoms with Crippen molar-refractivity contribution in [3.8, 4) is 6.07 Å². The summed E-state index contributed by atoms with van der Waals surface area (Å²) in [7, 11) is 0. The van der Waals surface area contributed by atoms with Gasteiger partial charge >= 0.3 is 0 Å². The highest BCUT2D eigenvalue weighted by atomic mass is 19.1. The van der Waals surface area contributed by atoms with Crippen molar-refractivity contribution in [2.45, 2.75) is 38.6 Å². The Kier molecular flexibility index (Phi) is 3.63. The molecule has 1 aromatic rings. The molecular weight excluding hydrogens is 215 g/mol. The predicted octanol–water partition coefficient (Wildman–Crippen LogP) is 3.69. The topological polar surface area (TPSA) is 35.8 Å². The van der Waals surface area contributed by atoms with Crippen LogP contribution >= 0.6 is 0 Å². The van der Waals surface area contributed by atoms with Crippen molar-refractivity contribution in [2.75, 3.05) is 5.32 Å². The van der Waals surface area contributed by atoms with Gasteiger partial charge in [-0.2, -0.15) is 5.26 Å². The maximum atomic E-state index is 13.1. The number of nitriles is 1. The number of anilines is 1. The van der Waals surface area contributed by atoms with Gasteiger partial charge in [0.1, 0.15) is 11.9 Å². The van der Waals surface area contributed by atoms with Gasteiger partial charge < -0.3 is 5.32 Å². The van der Waals surface area contributed by atoms with Gasteiger partial charge in [-0.3, -0.25) is 0 Å². The summed E-state index contributed by atoms with van der Waals surface area (Å²) in [4.78, 5) is 0. The van der Waals surface area contributed by atoms with Crippen molar-refractivity contribution in [2.24, 2.45) is 5.92 Å². The van der Waals surface area contributed by atoms with E-state index in [-0.39, 0.29) is 5.56 Å².